The van der Waals surface area contributed by atoms with E-state index in [9.17, 15) is 0 Å². The molecular formula is C14H21ClN2. The molecule has 94 valence electrons. The van der Waals surface area contributed by atoms with Crippen molar-refractivity contribution in [3.05, 3.63) is 35.0 Å². The highest BCUT2D eigenvalue weighted by Crippen LogP contribution is 2.26. The first-order chi connectivity index (χ1) is 8.18. The average Bonchev–Trinajstić information content (AvgIpc) is 2.36. The molecule has 0 aliphatic carbocycles. The van der Waals surface area contributed by atoms with E-state index in [1.165, 1.54) is 0 Å². The first kappa shape index (κ1) is 15.7. The number of hydrogen-bond donors (Lipinski definition) is 1. The van der Waals surface area contributed by atoms with Gasteiger partial charge < -0.3 is 5.73 Å². The predicted molar refractivity (Wildman–Crippen MR) is 78.6 cm³/mol. The lowest BCUT2D eigenvalue weighted by Crippen LogP contribution is -1.93. The van der Waals surface area contributed by atoms with Crippen molar-refractivity contribution in [3.63, 3.8) is 0 Å². The number of fused-ring (bicyclic) bond motifs is 1. The van der Waals surface area contributed by atoms with E-state index < -0.39 is 0 Å². The van der Waals surface area contributed by atoms with E-state index in [0.717, 1.165) is 21.5 Å². The summed E-state index contributed by atoms with van der Waals surface area (Å²) in [6.07, 6.45) is 0. The third kappa shape index (κ3) is 3.90. The number of rotatable bonds is 0. The Morgan fingerprint density at radius 1 is 1.06 bits per heavy atom. The van der Waals surface area contributed by atoms with E-state index in [-0.39, 0.29) is 0 Å². The largest absolute Gasteiger partial charge is 0.384 e. The molecule has 0 bridgehead atoms. The van der Waals surface area contributed by atoms with E-state index in [1.807, 2.05) is 52.8 Å². The fourth-order valence-electron chi connectivity index (χ4n) is 1.43. The fraction of sp³-hybridized carbons (Fsp3) is 0.357. The number of nitrogen functional groups attached to an aromatic ring is 1. The molecule has 0 aliphatic heterocycles. The second kappa shape index (κ2) is 7.91. The number of hydrogen-bond acceptors (Lipinski definition) is 2. The summed E-state index contributed by atoms with van der Waals surface area (Å²) in [5.74, 6) is 0.512. The van der Waals surface area contributed by atoms with Crippen LogP contribution >= 0.6 is 11.6 Å². The van der Waals surface area contributed by atoms with Crippen molar-refractivity contribution < 1.29 is 0 Å². The molecule has 17 heavy (non-hydrogen) atoms. The first-order valence-corrected chi connectivity index (χ1v) is 6.37. The van der Waals surface area contributed by atoms with Crippen molar-refractivity contribution in [2.75, 3.05) is 5.73 Å². The Labute approximate surface area is 109 Å². The van der Waals surface area contributed by atoms with Gasteiger partial charge in [-0.1, -0.05) is 51.4 Å². The van der Waals surface area contributed by atoms with Crippen molar-refractivity contribution in [1.82, 2.24) is 4.98 Å². The van der Waals surface area contributed by atoms with Crippen molar-refractivity contribution in [2.24, 2.45) is 0 Å². The van der Waals surface area contributed by atoms with Crippen LogP contribution in [0.4, 0.5) is 5.82 Å². The SMILES string of the molecule is CC.CC.Cc1nc(N)cc2c(Cl)cccc12. The summed E-state index contributed by atoms with van der Waals surface area (Å²) in [5, 5.41) is 2.74. The number of benzene rings is 1. The van der Waals surface area contributed by atoms with E-state index >= 15 is 0 Å². The lowest BCUT2D eigenvalue weighted by molar-refractivity contribution is 1.24. The molecule has 1 aromatic carbocycles. The molecule has 1 heterocycles. The van der Waals surface area contributed by atoms with Crippen LogP contribution in [0.2, 0.25) is 5.02 Å². The normalized spacial score (nSPS) is 8.82. The average molecular weight is 253 g/mol. The Hall–Kier alpha value is -1.28. The summed E-state index contributed by atoms with van der Waals surface area (Å²) in [5.41, 5.74) is 6.54. The number of aryl methyl sites for hydroxylation is 1. The summed E-state index contributed by atoms with van der Waals surface area (Å²) in [6, 6.07) is 7.55. The molecule has 0 atom stereocenters. The van der Waals surface area contributed by atoms with Gasteiger partial charge in [0.25, 0.3) is 0 Å². The van der Waals surface area contributed by atoms with Crippen LogP contribution in [-0.2, 0) is 0 Å². The third-order valence-corrected chi connectivity index (χ3v) is 2.36. The van der Waals surface area contributed by atoms with Crippen LogP contribution in [-0.4, -0.2) is 4.98 Å². The van der Waals surface area contributed by atoms with Crippen molar-refractivity contribution in [3.8, 4) is 0 Å². The molecular weight excluding hydrogens is 232 g/mol. The third-order valence-electron chi connectivity index (χ3n) is 2.03. The van der Waals surface area contributed by atoms with E-state index in [0.29, 0.717) is 5.82 Å². The lowest BCUT2D eigenvalue weighted by atomic mass is 10.1. The summed E-state index contributed by atoms with van der Waals surface area (Å²) in [7, 11) is 0. The molecule has 0 saturated heterocycles. The van der Waals surface area contributed by atoms with Gasteiger partial charge in [0.1, 0.15) is 5.82 Å². The second-order valence-electron chi connectivity index (χ2n) is 2.97. The van der Waals surface area contributed by atoms with Crippen LogP contribution in [0.15, 0.2) is 24.3 Å². The Morgan fingerprint density at radius 3 is 2.24 bits per heavy atom. The van der Waals surface area contributed by atoms with Gasteiger partial charge in [-0.15, -0.1) is 0 Å². The maximum atomic E-state index is 6.02. The molecule has 2 rings (SSSR count). The van der Waals surface area contributed by atoms with Gasteiger partial charge in [0, 0.05) is 21.5 Å². The highest BCUT2D eigenvalue weighted by atomic mass is 35.5. The van der Waals surface area contributed by atoms with Crippen molar-refractivity contribution in [2.45, 2.75) is 34.6 Å². The fourth-order valence-corrected chi connectivity index (χ4v) is 1.66. The first-order valence-electron chi connectivity index (χ1n) is 6.00. The summed E-state index contributed by atoms with van der Waals surface area (Å²) in [6.45, 7) is 9.93. The highest BCUT2D eigenvalue weighted by Gasteiger charge is 2.02. The Bertz CT molecular complexity index is 467. The van der Waals surface area contributed by atoms with Gasteiger partial charge in [-0.25, -0.2) is 4.98 Å². The van der Waals surface area contributed by atoms with Crippen LogP contribution in [0.25, 0.3) is 10.8 Å². The van der Waals surface area contributed by atoms with E-state index in [1.54, 1.807) is 6.07 Å². The van der Waals surface area contributed by atoms with Gasteiger partial charge in [-0.2, -0.15) is 0 Å². The number of aromatic nitrogens is 1. The Kier molecular flexibility index (Phi) is 7.31. The Balaban J connectivity index is 0.000000581. The molecule has 0 spiro atoms. The zero-order valence-corrected chi connectivity index (χ0v) is 12.0. The number of halogens is 1. The standard InChI is InChI=1S/C10H9ClN2.2C2H6/c1-6-7-3-2-4-9(11)8(7)5-10(12)13-6;2*1-2/h2-5H,1H3,(H2,12,13);2*1-2H3. The topological polar surface area (TPSA) is 38.9 Å². The van der Waals surface area contributed by atoms with E-state index in [4.69, 9.17) is 17.3 Å². The van der Waals surface area contributed by atoms with Crippen LogP contribution in [0.1, 0.15) is 33.4 Å². The monoisotopic (exact) mass is 252 g/mol. The molecule has 3 heteroatoms. The van der Waals surface area contributed by atoms with Crippen LogP contribution in [0.3, 0.4) is 0 Å². The number of nitrogens with zero attached hydrogens (tertiary/aromatic N) is 1. The molecule has 1 aromatic heterocycles. The van der Waals surface area contributed by atoms with Gasteiger partial charge >= 0.3 is 0 Å². The minimum absolute atomic E-state index is 0.512. The zero-order valence-electron chi connectivity index (χ0n) is 11.2. The molecule has 2 nitrogen and oxygen atoms in total. The number of nitrogens with two attached hydrogens (primary N) is 1. The van der Waals surface area contributed by atoms with Crippen molar-refractivity contribution in [1.29, 1.82) is 0 Å². The maximum Gasteiger partial charge on any atom is 0.124 e. The van der Waals surface area contributed by atoms with Gasteiger partial charge in [0.05, 0.1) is 0 Å². The lowest BCUT2D eigenvalue weighted by Gasteiger charge is -2.04. The smallest absolute Gasteiger partial charge is 0.124 e. The predicted octanol–water partition coefficient (Wildman–Crippen LogP) is 4.83. The molecule has 0 unspecified atom stereocenters. The van der Waals surface area contributed by atoms with E-state index in [2.05, 4.69) is 4.98 Å². The zero-order chi connectivity index (χ0) is 13.4. The summed E-state index contributed by atoms with van der Waals surface area (Å²) in [4.78, 5) is 4.16. The minimum Gasteiger partial charge on any atom is -0.384 e. The highest BCUT2D eigenvalue weighted by molar-refractivity contribution is 6.35. The molecule has 0 fully saturated rings. The molecule has 2 aromatic rings. The van der Waals surface area contributed by atoms with Gasteiger partial charge in [0.2, 0.25) is 0 Å². The van der Waals surface area contributed by atoms with Gasteiger partial charge in [0.15, 0.2) is 0 Å². The molecule has 0 aliphatic rings. The van der Waals surface area contributed by atoms with Crippen LogP contribution in [0, 0.1) is 6.92 Å². The second-order valence-corrected chi connectivity index (χ2v) is 3.37. The summed E-state index contributed by atoms with van der Waals surface area (Å²) < 4.78 is 0. The molecule has 0 amide bonds. The van der Waals surface area contributed by atoms with Gasteiger partial charge in [-0.3, -0.25) is 0 Å². The van der Waals surface area contributed by atoms with Crippen LogP contribution < -0.4 is 5.73 Å². The van der Waals surface area contributed by atoms with Crippen LogP contribution in [0.5, 0.6) is 0 Å². The minimum atomic E-state index is 0.512. The quantitative estimate of drug-likeness (QED) is 0.729. The van der Waals surface area contributed by atoms with Crippen molar-refractivity contribution >= 4 is 28.2 Å². The van der Waals surface area contributed by atoms with Gasteiger partial charge in [-0.05, 0) is 19.1 Å². The molecule has 0 saturated carbocycles. The number of anilines is 1. The molecule has 2 N–H and O–H groups in total. The molecule has 0 radical (unpaired) electrons. The maximum absolute atomic E-state index is 6.02. The Morgan fingerprint density at radius 2 is 1.65 bits per heavy atom. The summed E-state index contributed by atoms with van der Waals surface area (Å²) >= 11 is 6.02. The number of pyridine rings is 1.